The monoisotopic (exact) mass is 386 g/mol. The van der Waals surface area contributed by atoms with Gasteiger partial charge in [0, 0.05) is 18.9 Å². The van der Waals surface area contributed by atoms with Crippen molar-refractivity contribution in [3.63, 3.8) is 0 Å². The summed E-state index contributed by atoms with van der Waals surface area (Å²) in [6.07, 6.45) is 2.87. The van der Waals surface area contributed by atoms with Crippen LogP contribution in [0.1, 0.15) is 23.3 Å². The Morgan fingerprint density at radius 2 is 1.92 bits per heavy atom. The van der Waals surface area contributed by atoms with Gasteiger partial charge in [-0.2, -0.15) is 0 Å². The Bertz CT molecular complexity index is 945. The Kier molecular flexibility index (Phi) is 5.91. The van der Waals surface area contributed by atoms with Gasteiger partial charge in [0.05, 0.1) is 10.6 Å². The molecule has 2 rings (SSSR count). The number of halogens is 1. The molecule has 0 aliphatic carbocycles. The Morgan fingerprint density at radius 1 is 1.20 bits per heavy atom. The molecule has 0 radical (unpaired) electrons. The van der Waals surface area contributed by atoms with E-state index in [1.54, 1.807) is 12.1 Å². The zero-order valence-corrected chi connectivity index (χ0v) is 15.4. The molecule has 1 heterocycles. The molecule has 0 unspecified atom stereocenters. The average molecular weight is 386 g/mol. The highest BCUT2D eigenvalue weighted by atomic mass is 32.2. The van der Waals surface area contributed by atoms with Crippen molar-refractivity contribution >= 4 is 19.9 Å². The van der Waals surface area contributed by atoms with Crippen LogP contribution in [0.25, 0.3) is 0 Å². The lowest BCUT2D eigenvalue weighted by atomic mass is 10.2. The summed E-state index contributed by atoms with van der Waals surface area (Å²) >= 11 is 0. The standard InChI is InChI=1S/C16H19FN2O4S2/c1-3-24(20,21)19-11-16(13-5-4-8-18-10-13)25(22,23)14-6-7-15(17)12(2)9-14/h4-10,16,19H,3,11H2,1-2H3/t16-/m0/s1. The average Bonchev–Trinajstić information content (AvgIpc) is 2.58. The number of hydrogen-bond acceptors (Lipinski definition) is 5. The molecule has 1 aromatic heterocycles. The first kappa shape index (κ1) is 19.5. The molecule has 0 fully saturated rings. The zero-order chi connectivity index (χ0) is 18.7. The summed E-state index contributed by atoms with van der Waals surface area (Å²) in [7, 11) is -7.53. The van der Waals surface area contributed by atoms with Crippen molar-refractivity contribution in [3.8, 4) is 0 Å². The Hall–Kier alpha value is -1.84. The summed E-state index contributed by atoms with van der Waals surface area (Å²) < 4.78 is 65.3. The van der Waals surface area contributed by atoms with Crippen LogP contribution in [0.3, 0.4) is 0 Å². The van der Waals surface area contributed by atoms with Crippen molar-refractivity contribution in [1.29, 1.82) is 0 Å². The fraction of sp³-hybridized carbons (Fsp3) is 0.312. The van der Waals surface area contributed by atoms with Crippen LogP contribution >= 0.6 is 0 Å². The molecule has 25 heavy (non-hydrogen) atoms. The highest BCUT2D eigenvalue weighted by molar-refractivity contribution is 7.92. The smallest absolute Gasteiger partial charge is 0.211 e. The summed E-state index contributed by atoms with van der Waals surface area (Å²) in [4.78, 5) is 3.83. The van der Waals surface area contributed by atoms with E-state index in [1.165, 1.54) is 38.4 Å². The minimum atomic E-state index is -3.96. The molecule has 0 amide bonds. The fourth-order valence-corrected chi connectivity index (χ4v) is 4.69. The van der Waals surface area contributed by atoms with Crippen LogP contribution in [0.2, 0.25) is 0 Å². The van der Waals surface area contributed by atoms with E-state index in [-0.39, 0.29) is 22.8 Å². The minimum Gasteiger partial charge on any atom is -0.264 e. The van der Waals surface area contributed by atoms with Crippen molar-refractivity contribution in [2.45, 2.75) is 24.0 Å². The number of aromatic nitrogens is 1. The second-order valence-corrected chi connectivity index (χ2v) is 9.71. The van der Waals surface area contributed by atoms with Crippen LogP contribution < -0.4 is 4.72 Å². The third-order valence-corrected chi connectivity index (χ3v) is 7.22. The minimum absolute atomic E-state index is 0.0732. The number of rotatable bonds is 7. The van der Waals surface area contributed by atoms with Crippen LogP contribution in [0, 0.1) is 12.7 Å². The number of aryl methyl sites for hydroxylation is 1. The normalized spacial score (nSPS) is 13.6. The predicted octanol–water partition coefficient (Wildman–Crippen LogP) is 1.98. The van der Waals surface area contributed by atoms with Crippen molar-refractivity contribution in [2.75, 3.05) is 12.3 Å². The summed E-state index contributed by atoms with van der Waals surface area (Å²) in [6, 6.07) is 6.63. The Labute approximate surface area is 147 Å². The van der Waals surface area contributed by atoms with Gasteiger partial charge in [0.25, 0.3) is 0 Å². The second kappa shape index (κ2) is 7.59. The number of hydrogen-bond donors (Lipinski definition) is 1. The lowest BCUT2D eigenvalue weighted by Crippen LogP contribution is -2.33. The summed E-state index contributed by atoms with van der Waals surface area (Å²) in [5.74, 6) is -0.675. The number of pyridine rings is 1. The van der Waals surface area contributed by atoms with Gasteiger partial charge < -0.3 is 0 Å². The molecular weight excluding hydrogens is 367 g/mol. The van der Waals surface area contributed by atoms with Gasteiger partial charge in [-0.3, -0.25) is 4.98 Å². The van der Waals surface area contributed by atoms with Gasteiger partial charge >= 0.3 is 0 Å². The molecule has 1 N–H and O–H groups in total. The first-order chi connectivity index (χ1) is 11.7. The number of sulfone groups is 1. The Morgan fingerprint density at radius 3 is 2.48 bits per heavy atom. The molecule has 1 aromatic carbocycles. The van der Waals surface area contributed by atoms with E-state index < -0.39 is 30.9 Å². The molecule has 6 nitrogen and oxygen atoms in total. The van der Waals surface area contributed by atoms with E-state index in [0.29, 0.717) is 5.56 Å². The van der Waals surface area contributed by atoms with Crippen LogP contribution in [0.4, 0.5) is 4.39 Å². The van der Waals surface area contributed by atoms with Crippen LogP contribution in [0.5, 0.6) is 0 Å². The van der Waals surface area contributed by atoms with E-state index >= 15 is 0 Å². The van der Waals surface area contributed by atoms with Gasteiger partial charge in [0.2, 0.25) is 10.0 Å². The summed E-state index contributed by atoms with van der Waals surface area (Å²) in [5.41, 5.74) is 0.545. The molecular formula is C16H19FN2O4S2. The van der Waals surface area contributed by atoms with Gasteiger partial charge in [0.15, 0.2) is 9.84 Å². The summed E-state index contributed by atoms with van der Waals surface area (Å²) in [5, 5.41) is -1.17. The molecule has 1 atom stereocenters. The molecule has 0 saturated heterocycles. The van der Waals surface area contributed by atoms with Crippen LogP contribution in [-0.4, -0.2) is 34.1 Å². The zero-order valence-electron chi connectivity index (χ0n) is 13.8. The molecule has 0 aliphatic heterocycles. The van der Waals surface area contributed by atoms with E-state index in [0.717, 1.165) is 6.07 Å². The van der Waals surface area contributed by atoms with Crippen molar-refractivity contribution in [2.24, 2.45) is 0 Å². The summed E-state index contributed by atoms with van der Waals surface area (Å²) in [6.45, 7) is 2.59. The topological polar surface area (TPSA) is 93.2 Å². The SMILES string of the molecule is CCS(=O)(=O)NC[C@@H](c1cccnc1)S(=O)(=O)c1ccc(F)c(C)c1. The third kappa shape index (κ3) is 4.62. The highest BCUT2D eigenvalue weighted by Gasteiger charge is 2.30. The highest BCUT2D eigenvalue weighted by Crippen LogP contribution is 2.29. The first-order valence-electron chi connectivity index (χ1n) is 7.54. The molecule has 2 aromatic rings. The second-order valence-electron chi connectivity index (χ2n) is 5.48. The quantitative estimate of drug-likeness (QED) is 0.735. The third-order valence-electron chi connectivity index (χ3n) is 3.76. The number of nitrogens with one attached hydrogen (secondary N) is 1. The van der Waals surface area contributed by atoms with Crippen molar-refractivity contribution in [1.82, 2.24) is 9.71 Å². The largest absolute Gasteiger partial charge is 0.264 e. The van der Waals surface area contributed by atoms with E-state index in [1.807, 2.05) is 0 Å². The Balaban J connectivity index is 2.48. The maximum atomic E-state index is 13.5. The van der Waals surface area contributed by atoms with E-state index in [9.17, 15) is 21.2 Å². The lowest BCUT2D eigenvalue weighted by Gasteiger charge is -2.19. The lowest BCUT2D eigenvalue weighted by molar-refractivity contribution is 0.568. The molecule has 0 aliphatic rings. The maximum Gasteiger partial charge on any atom is 0.211 e. The molecule has 0 spiro atoms. The maximum absolute atomic E-state index is 13.5. The molecule has 0 bridgehead atoms. The first-order valence-corrected chi connectivity index (χ1v) is 10.7. The van der Waals surface area contributed by atoms with Gasteiger partial charge in [-0.05, 0) is 49.2 Å². The van der Waals surface area contributed by atoms with Gasteiger partial charge in [-0.1, -0.05) is 6.07 Å². The van der Waals surface area contributed by atoms with Crippen molar-refractivity contribution in [3.05, 3.63) is 59.7 Å². The van der Waals surface area contributed by atoms with E-state index in [4.69, 9.17) is 0 Å². The molecule has 9 heteroatoms. The van der Waals surface area contributed by atoms with Crippen LogP contribution in [-0.2, 0) is 19.9 Å². The van der Waals surface area contributed by atoms with Gasteiger partial charge in [0.1, 0.15) is 11.1 Å². The number of sulfonamides is 1. The van der Waals surface area contributed by atoms with Crippen molar-refractivity contribution < 1.29 is 21.2 Å². The molecule has 0 saturated carbocycles. The van der Waals surface area contributed by atoms with Gasteiger partial charge in [-0.15, -0.1) is 0 Å². The number of nitrogens with zero attached hydrogens (tertiary/aromatic N) is 1. The van der Waals surface area contributed by atoms with E-state index in [2.05, 4.69) is 9.71 Å². The predicted molar refractivity (Wildman–Crippen MR) is 92.8 cm³/mol. The molecule has 136 valence electrons. The van der Waals surface area contributed by atoms with Gasteiger partial charge in [-0.25, -0.2) is 25.9 Å². The fourth-order valence-electron chi connectivity index (χ4n) is 2.24. The number of benzene rings is 1. The van der Waals surface area contributed by atoms with Crippen LogP contribution in [0.15, 0.2) is 47.6 Å².